The van der Waals surface area contributed by atoms with Gasteiger partial charge in [0.2, 0.25) is 0 Å². The summed E-state index contributed by atoms with van der Waals surface area (Å²) in [7, 11) is 2.03. The lowest BCUT2D eigenvalue weighted by atomic mass is 10.1. The zero-order valence-electron chi connectivity index (χ0n) is 8.74. The molecule has 1 aliphatic heterocycles. The quantitative estimate of drug-likeness (QED) is 0.781. The van der Waals surface area contributed by atoms with Crippen molar-refractivity contribution in [1.82, 2.24) is 5.32 Å². The number of hydrogen-bond acceptors (Lipinski definition) is 2. The van der Waals surface area contributed by atoms with Gasteiger partial charge < -0.3 is 10.2 Å². The van der Waals surface area contributed by atoms with Crippen LogP contribution in [0, 0.1) is 5.92 Å². The van der Waals surface area contributed by atoms with Crippen LogP contribution in [0.1, 0.15) is 6.42 Å². The van der Waals surface area contributed by atoms with Crippen LogP contribution in [0.25, 0.3) is 0 Å². The smallest absolute Gasteiger partial charge is 0.0366 e. The van der Waals surface area contributed by atoms with E-state index in [0.29, 0.717) is 0 Å². The minimum atomic E-state index is 0.820. The van der Waals surface area contributed by atoms with Crippen LogP contribution in [-0.2, 0) is 0 Å². The lowest BCUT2D eigenvalue weighted by Crippen LogP contribution is -2.24. The van der Waals surface area contributed by atoms with Gasteiger partial charge in [0.05, 0.1) is 0 Å². The number of nitrogens with zero attached hydrogens (tertiary/aromatic N) is 1. The second-order valence-electron chi connectivity index (χ2n) is 3.99. The third-order valence-electron chi connectivity index (χ3n) is 2.90. The summed E-state index contributed by atoms with van der Waals surface area (Å²) in [6.07, 6.45) is 1.32. The predicted octanol–water partition coefficient (Wildman–Crippen LogP) is 1.73. The summed E-state index contributed by atoms with van der Waals surface area (Å²) in [5.74, 6) is 0.820. The number of benzene rings is 1. The van der Waals surface area contributed by atoms with Gasteiger partial charge in [-0.2, -0.15) is 0 Å². The first kappa shape index (κ1) is 9.53. The van der Waals surface area contributed by atoms with Crippen molar-refractivity contribution in [3.8, 4) is 0 Å². The Morgan fingerprint density at radius 2 is 2.14 bits per heavy atom. The molecule has 0 amide bonds. The molecule has 0 spiro atoms. The van der Waals surface area contributed by atoms with Gasteiger partial charge >= 0.3 is 0 Å². The van der Waals surface area contributed by atoms with Gasteiger partial charge in [-0.05, 0) is 38.1 Å². The van der Waals surface area contributed by atoms with Crippen LogP contribution < -0.4 is 10.2 Å². The number of rotatable bonds is 3. The van der Waals surface area contributed by atoms with Gasteiger partial charge in [0.15, 0.2) is 0 Å². The van der Waals surface area contributed by atoms with Crippen LogP contribution >= 0.6 is 0 Å². The standard InChI is InChI=1S/C12H18N2/c1-13-9-11-7-8-14(10-11)12-5-3-2-4-6-12/h2-6,11,13H,7-10H2,1H3. The largest absolute Gasteiger partial charge is 0.371 e. The molecule has 76 valence electrons. The van der Waals surface area contributed by atoms with Crippen molar-refractivity contribution in [3.05, 3.63) is 30.3 Å². The van der Waals surface area contributed by atoms with Gasteiger partial charge in [0.1, 0.15) is 0 Å². The maximum Gasteiger partial charge on any atom is 0.0366 e. The van der Waals surface area contributed by atoms with E-state index in [1.807, 2.05) is 7.05 Å². The van der Waals surface area contributed by atoms with Gasteiger partial charge in [-0.25, -0.2) is 0 Å². The molecule has 1 heterocycles. The molecule has 2 rings (SSSR count). The molecule has 0 radical (unpaired) electrons. The first-order valence-corrected chi connectivity index (χ1v) is 5.35. The highest BCUT2D eigenvalue weighted by molar-refractivity contribution is 5.46. The minimum Gasteiger partial charge on any atom is -0.371 e. The van der Waals surface area contributed by atoms with Gasteiger partial charge in [0, 0.05) is 18.8 Å². The number of nitrogens with one attached hydrogen (secondary N) is 1. The molecule has 1 fully saturated rings. The van der Waals surface area contributed by atoms with E-state index in [1.165, 1.54) is 25.2 Å². The minimum absolute atomic E-state index is 0.820. The Hall–Kier alpha value is -1.02. The van der Waals surface area contributed by atoms with Crippen LogP contribution in [0.2, 0.25) is 0 Å². The van der Waals surface area contributed by atoms with Gasteiger partial charge in [-0.3, -0.25) is 0 Å². The van der Waals surface area contributed by atoms with E-state index >= 15 is 0 Å². The maximum absolute atomic E-state index is 3.25. The lowest BCUT2D eigenvalue weighted by Gasteiger charge is -2.18. The molecule has 0 saturated carbocycles. The van der Waals surface area contributed by atoms with Crippen molar-refractivity contribution in [2.75, 3.05) is 31.6 Å². The molecule has 14 heavy (non-hydrogen) atoms. The fourth-order valence-electron chi connectivity index (χ4n) is 2.16. The summed E-state index contributed by atoms with van der Waals surface area (Å²) in [4.78, 5) is 2.47. The molecule has 1 aromatic carbocycles. The Bertz CT molecular complexity index is 271. The molecule has 1 aromatic rings. The molecule has 1 unspecified atom stereocenters. The van der Waals surface area contributed by atoms with E-state index in [0.717, 1.165) is 12.5 Å². The predicted molar refractivity (Wildman–Crippen MR) is 60.7 cm³/mol. The van der Waals surface area contributed by atoms with E-state index in [1.54, 1.807) is 0 Å². The van der Waals surface area contributed by atoms with Crippen LogP contribution in [-0.4, -0.2) is 26.7 Å². The molecule has 1 N–H and O–H groups in total. The van der Waals surface area contributed by atoms with Gasteiger partial charge in [0.25, 0.3) is 0 Å². The van der Waals surface area contributed by atoms with Crippen molar-refractivity contribution in [2.24, 2.45) is 5.92 Å². The zero-order chi connectivity index (χ0) is 9.80. The Morgan fingerprint density at radius 3 is 2.86 bits per heavy atom. The SMILES string of the molecule is CNCC1CCN(c2ccccc2)C1. The molecule has 1 atom stereocenters. The van der Waals surface area contributed by atoms with Crippen LogP contribution in [0.3, 0.4) is 0 Å². The summed E-state index contributed by atoms with van der Waals surface area (Å²) in [5, 5.41) is 3.25. The van der Waals surface area contributed by atoms with E-state index in [2.05, 4.69) is 40.5 Å². The van der Waals surface area contributed by atoms with Gasteiger partial charge in [-0.15, -0.1) is 0 Å². The van der Waals surface area contributed by atoms with Crippen molar-refractivity contribution < 1.29 is 0 Å². The van der Waals surface area contributed by atoms with E-state index in [4.69, 9.17) is 0 Å². The first-order chi connectivity index (χ1) is 6.90. The molecule has 2 heteroatoms. The molecule has 1 aliphatic rings. The molecule has 0 aliphatic carbocycles. The molecular weight excluding hydrogens is 172 g/mol. The van der Waals surface area contributed by atoms with Gasteiger partial charge in [-0.1, -0.05) is 18.2 Å². The number of para-hydroxylation sites is 1. The Balaban J connectivity index is 1.96. The monoisotopic (exact) mass is 190 g/mol. The van der Waals surface area contributed by atoms with Crippen LogP contribution in [0.5, 0.6) is 0 Å². The molecule has 1 saturated heterocycles. The van der Waals surface area contributed by atoms with Crippen LogP contribution in [0.4, 0.5) is 5.69 Å². The van der Waals surface area contributed by atoms with E-state index in [-0.39, 0.29) is 0 Å². The Labute approximate surface area is 85.9 Å². The van der Waals surface area contributed by atoms with Crippen molar-refractivity contribution in [1.29, 1.82) is 0 Å². The second kappa shape index (κ2) is 4.47. The number of hydrogen-bond donors (Lipinski definition) is 1. The highest BCUT2D eigenvalue weighted by Gasteiger charge is 2.21. The third-order valence-corrected chi connectivity index (χ3v) is 2.90. The van der Waals surface area contributed by atoms with Crippen molar-refractivity contribution in [2.45, 2.75) is 6.42 Å². The molecule has 0 bridgehead atoms. The van der Waals surface area contributed by atoms with E-state index in [9.17, 15) is 0 Å². The summed E-state index contributed by atoms with van der Waals surface area (Å²) in [6.45, 7) is 3.55. The fraction of sp³-hybridized carbons (Fsp3) is 0.500. The topological polar surface area (TPSA) is 15.3 Å². The average molecular weight is 190 g/mol. The van der Waals surface area contributed by atoms with Crippen molar-refractivity contribution in [3.63, 3.8) is 0 Å². The third kappa shape index (κ3) is 2.07. The summed E-state index contributed by atoms with van der Waals surface area (Å²) < 4.78 is 0. The number of anilines is 1. The maximum atomic E-state index is 3.25. The molecule has 0 aromatic heterocycles. The van der Waals surface area contributed by atoms with Crippen LogP contribution in [0.15, 0.2) is 30.3 Å². The average Bonchev–Trinajstić information content (AvgIpc) is 2.68. The van der Waals surface area contributed by atoms with E-state index < -0.39 is 0 Å². The second-order valence-corrected chi connectivity index (χ2v) is 3.99. The lowest BCUT2D eigenvalue weighted by molar-refractivity contribution is 0.549. The van der Waals surface area contributed by atoms with Crippen molar-refractivity contribution >= 4 is 5.69 Å². The molecular formula is C12H18N2. The highest BCUT2D eigenvalue weighted by atomic mass is 15.2. The summed E-state index contributed by atoms with van der Waals surface area (Å²) in [5.41, 5.74) is 1.37. The highest BCUT2D eigenvalue weighted by Crippen LogP contribution is 2.22. The summed E-state index contributed by atoms with van der Waals surface area (Å²) in [6, 6.07) is 10.7. The Morgan fingerprint density at radius 1 is 1.36 bits per heavy atom. The first-order valence-electron chi connectivity index (χ1n) is 5.35. The fourth-order valence-corrected chi connectivity index (χ4v) is 2.16. The summed E-state index contributed by atoms with van der Waals surface area (Å²) >= 11 is 0. The normalized spacial score (nSPS) is 21.5. The molecule has 2 nitrogen and oxygen atoms in total. The zero-order valence-corrected chi connectivity index (χ0v) is 8.74. The Kier molecular flexibility index (Phi) is 3.04.